The van der Waals surface area contributed by atoms with Crippen LogP contribution in [0.4, 0.5) is 11.4 Å². The third-order valence-electron chi connectivity index (χ3n) is 2.88. The Labute approximate surface area is 117 Å². The van der Waals surface area contributed by atoms with Crippen molar-refractivity contribution in [3.05, 3.63) is 33.9 Å². The van der Waals surface area contributed by atoms with Gasteiger partial charge in [0, 0.05) is 51.0 Å². The molecule has 0 atom stereocenters. The maximum Gasteiger partial charge on any atom is 0.269 e. The normalized spacial score (nSPS) is 10.4. The maximum absolute atomic E-state index is 10.8. The Morgan fingerprint density at radius 3 is 2.85 bits per heavy atom. The summed E-state index contributed by atoms with van der Waals surface area (Å²) >= 11 is 0. The largest absolute Gasteiger partial charge is 0.398 e. The highest BCUT2D eigenvalue weighted by molar-refractivity contribution is 5.52. The molecule has 0 bridgehead atoms. The lowest BCUT2D eigenvalue weighted by Crippen LogP contribution is -2.28. The fourth-order valence-electron chi connectivity index (χ4n) is 1.78. The van der Waals surface area contributed by atoms with E-state index in [0.29, 0.717) is 43.9 Å². The van der Waals surface area contributed by atoms with Crippen LogP contribution in [0.15, 0.2) is 18.2 Å². The van der Waals surface area contributed by atoms with E-state index in [2.05, 4.69) is 6.07 Å². The van der Waals surface area contributed by atoms with E-state index in [9.17, 15) is 10.1 Å². The van der Waals surface area contributed by atoms with Crippen molar-refractivity contribution < 1.29 is 9.66 Å². The number of anilines is 1. The smallest absolute Gasteiger partial charge is 0.269 e. The third-order valence-corrected chi connectivity index (χ3v) is 2.88. The van der Waals surface area contributed by atoms with Gasteiger partial charge in [-0.15, -0.1) is 0 Å². The highest BCUT2D eigenvalue weighted by Gasteiger charge is 2.12. The van der Waals surface area contributed by atoms with Crippen LogP contribution in [0.5, 0.6) is 0 Å². The molecule has 7 heteroatoms. The monoisotopic (exact) mass is 278 g/mol. The van der Waals surface area contributed by atoms with Gasteiger partial charge in [-0.25, -0.2) is 0 Å². The molecule has 7 nitrogen and oxygen atoms in total. The SMILES string of the molecule is COCCN(CCC#N)Cc1cc([N+](=O)[O-])ccc1N. The molecule has 0 amide bonds. The molecule has 1 aromatic rings. The number of non-ortho nitro benzene ring substituents is 1. The number of nitrogen functional groups attached to an aromatic ring is 1. The second-order valence-corrected chi connectivity index (χ2v) is 4.32. The molecule has 0 aliphatic carbocycles. The Morgan fingerprint density at radius 2 is 2.25 bits per heavy atom. The molecular formula is C13H18N4O3. The standard InChI is InChI=1S/C13H18N4O3/c1-20-8-7-16(6-2-5-14)10-11-9-12(17(18)19)3-4-13(11)15/h3-4,9H,2,6-8,10,15H2,1H3. The van der Waals surface area contributed by atoms with Crippen molar-refractivity contribution in [2.24, 2.45) is 0 Å². The van der Waals surface area contributed by atoms with E-state index in [1.807, 2.05) is 4.90 Å². The van der Waals surface area contributed by atoms with E-state index in [1.54, 1.807) is 7.11 Å². The molecular weight excluding hydrogens is 260 g/mol. The van der Waals surface area contributed by atoms with Crippen molar-refractivity contribution in [1.29, 1.82) is 5.26 Å². The van der Waals surface area contributed by atoms with Crippen LogP contribution < -0.4 is 5.73 Å². The van der Waals surface area contributed by atoms with Gasteiger partial charge < -0.3 is 10.5 Å². The third kappa shape index (κ3) is 4.84. The molecule has 1 rings (SSSR count). The number of hydrogen-bond donors (Lipinski definition) is 1. The van der Waals surface area contributed by atoms with Crippen molar-refractivity contribution in [1.82, 2.24) is 4.90 Å². The number of nitrogens with zero attached hydrogens (tertiary/aromatic N) is 3. The first kappa shape index (κ1) is 15.9. The van der Waals surface area contributed by atoms with Crippen LogP contribution in [0.1, 0.15) is 12.0 Å². The molecule has 0 heterocycles. The zero-order valence-corrected chi connectivity index (χ0v) is 11.4. The zero-order valence-electron chi connectivity index (χ0n) is 11.4. The molecule has 0 unspecified atom stereocenters. The number of benzene rings is 1. The minimum absolute atomic E-state index is 0.0150. The van der Waals surface area contributed by atoms with Crippen molar-refractivity contribution >= 4 is 11.4 Å². The highest BCUT2D eigenvalue weighted by atomic mass is 16.6. The Morgan fingerprint density at radius 1 is 1.50 bits per heavy atom. The van der Waals surface area contributed by atoms with E-state index in [4.69, 9.17) is 15.7 Å². The minimum atomic E-state index is -0.447. The quantitative estimate of drug-likeness (QED) is 0.439. The number of methoxy groups -OCH3 is 1. The van der Waals surface area contributed by atoms with Crippen molar-refractivity contribution in [2.45, 2.75) is 13.0 Å². The van der Waals surface area contributed by atoms with E-state index in [0.717, 1.165) is 0 Å². The first-order valence-corrected chi connectivity index (χ1v) is 6.19. The molecule has 0 spiro atoms. The summed E-state index contributed by atoms with van der Waals surface area (Å²) < 4.78 is 5.02. The number of ether oxygens (including phenoxy) is 1. The van der Waals surface area contributed by atoms with Gasteiger partial charge in [0.25, 0.3) is 5.69 Å². The van der Waals surface area contributed by atoms with E-state index in [1.165, 1.54) is 18.2 Å². The topological polar surface area (TPSA) is 105 Å². The molecule has 0 aliphatic heterocycles. The fourth-order valence-corrected chi connectivity index (χ4v) is 1.78. The molecule has 0 fully saturated rings. The Bertz CT molecular complexity index is 499. The van der Waals surface area contributed by atoms with Crippen LogP contribution in [0, 0.1) is 21.4 Å². The Hall–Kier alpha value is -2.17. The van der Waals surface area contributed by atoms with Gasteiger partial charge in [0.05, 0.1) is 17.6 Å². The van der Waals surface area contributed by atoms with Gasteiger partial charge in [-0.2, -0.15) is 5.26 Å². The zero-order chi connectivity index (χ0) is 15.0. The lowest BCUT2D eigenvalue weighted by molar-refractivity contribution is -0.384. The van der Waals surface area contributed by atoms with Crippen LogP contribution in [0.25, 0.3) is 0 Å². The van der Waals surface area contributed by atoms with Gasteiger partial charge in [-0.05, 0) is 11.6 Å². The number of nitro groups is 1. The molecule has 1 aromatic carbocycles. The highest BCUT2D eigenvalue weighted by Crippen LogP contribution is 2.21. The van der Waals surface area contributed by atoms with E-state index < -0.39 is 4.92 Å². The molecule has 20 heavy (non-hydrogen) atoms. The Kier molecular flexibility index (Phi) is 6.43. The summed E-state index contributed by atoms with van der Waals surface area (Å²) in [4.78, 5) is 12.3. The predicted octanol–water partition coefficient (Wildman–Crippen LogP) is 1.54. The molecule has 2 N–H and O–H groups in total. The summed E-state index contributed by atoms with van der Waals surface area (Å²) in [7, 11) is 1.60. The van der Waals surface area contributed by atoms with E-state index in [-0.39, 0.29) is 5.69 Å². The molecule has 0 saturated heterocycles. The number of nitriles is 1. The van der Waals surface area contributed by atoms with Gasteiger partial charge in [0.15, 0.2) is 0 Å². The lowest BCUT2D eigenvalue weighted by Gasteiger charge is -2.21. The van der Waals surface area contributed by atoms with Gasteiger partial charge in [-0.1, -0.05) is 0 Å². The van der Waals surface area contributed by atoms with Gasteiger partial charge in [0.1, 0.15) is 0 Å². The molecule has 108 valence electrons. The summed E-state index contributed by atoms with van der Waals surface area (Å²) in [5.41, 5.74) is 7.06. The van der Waals surface area contributed by atoms with Crippen molar-refractivity contribution in [3.8, 4) is 6.07 Å². The van der Waals surface area contributed by atoms with Crippen LogP contribution >= 0.6 is 0 Å². The summed E-state index contributed by atoms with van der Waals surface area (Å²) in [6.07, 6.45) is 0.387. The molecule has 0 saturated carbocycles. The van der Waals surface area contributed by atoms with Gasteiger partial charge in [0.2, 0.25) is 0 Å². The first-order valence-electron chi connectivity index (χ1n) is 6.19. The average Bonchev–Trinajstić information content (AvgIpc) is 2.43. The van der Waals surface area contributed by atoms with Crippen LogP contribution in [-0.4, -0.2) is 36.6 Å². The first-order chi connectivity index (χ1) is 9.58. The number of rotatable bonds is 8. The number of hydrogen-bond acceptors (Lipinski definition) is 6. The maximum atomic E-state index is 10.8. The Balaban J connectivity index is 2.83. The number of nitrogens with two attached hydrogens (primary N) is 1. The molecule has 0 aliphatic rings. The van der Waals surface area contributed by atoms with Crippen LogP contribution in [0.2, 0.25) is 0 Å². The van der Waals surface area contributed by atoms with Gasteiger partial charge in [-0.3, -0.25) is 15.0 Å². The summed E-state index contributed by atoms with van der Waals surface area (Å²) in [5, 5.41) is 19.4. The summed E-state index contributed by atoms with van der Waals surface area (Å²) in [6.45, 7) is 2.20. The van der Waals surface area contributed by atoms with Crippen LogP contribution in [0.3, 0.4) is 0 Å². The summed E-state index contributed by atoms with van der Waals surface area (Å²) in [6, 6.07) is 6.47. The fraction of sp³-hybridized carbons (Fsp3) is 0.462. The minimum Gasteiger partial charge on any atom is -0.398 e. The molecule has 0 aromatic heterocycles. The van der Waals surface area contributed by atoms with Crippen LogP contribution in [-0.2, 0) is 11.3 Å². The summed E-state index contributed by atoms with van der Waals surface area (Å²) in [5.74, 6) is 0. The molecule has 0 radical (unpaired) electrons. The predicted molar refractivity (Wildman–Crippen MR) is 74.9 cm³/mol. The second kappa shape index (κ2) is 8.09. The van der Waals surface area contributed by atoms with Gasteiger partial charge >= 0.3 is 0 Å². The van der Waals surface area contributed by atoms with Crippen molar-refractivity contribution in [2.75, 3.05) is 32.5 Å². The average molecular weight is 278 g/mol. The van der Waals surface area contributed by atoms with E-state index >= 15 is 0 Å². The number of nitro benzene ring substituents is 1. The van der Waals surface area contributed by atoms with Crippen molar-refractivity contribution in [3.63, 3.8) is 0 Å². The second-order valence-electron chi connectivity index (χ2n) is 4.32. The lowest BCUT2D eigenvalue weighted by atomic mass is 10.1.